The molecular weight excluding hydrogens is 435 g/mol. The fourth-order valence-electron chi connectivity index (χ4n) is 3.91. The largest absolute Gasteiger partial charge is 0.352 e. The number of rotatable bonds is 5. The van der Waals surface area contributed by atoms with Crippen LogP contribution in [-0.4, -0.2) is 17.3 Å². The molecule has 2 aliphatic rings. The van der Waals surface area contributed by atoms with Crippen molar-refractivity contribution in [1.82, 2.24) is 5.32 Å². The van der Waals surface area contributed by atoms with Crippen LogP contribution < -0.4 is 5.32 Å². The lowest BCUT2D eigenvalue weighted by Gasteiger charge is -2.33. The van der Waals surface area contributed by atoms with Gasteiger partial charge in [0, 0.05) is 28.3 Å². The number of nitrogens with zero attached hydrogens (tertiary/aromatic N) is 1. The Bertz CT molecular complexity index is 1160. The van der Waals surface area contributed by atoms with Crippen LogP contribution in [0.25, 0.3) is 0 Å². The Labute approximate surface area is 188 Å². The van der Waals surface area contributed by atoms with Gasteiger partial charge in [-0.1, -0.05) is 47.6 Å². The van der Waals surface area contributed by atoms with E-state index in [4.69, 9.17) is 11.6 Å². The standard InChI is InChI=1S/C24H18ClFN2O2S/c25-16-4-1-3-15(11-16)21(30)13-31-24-18(12-27)22(14-7-9-17(26)10-8-14)23-19(28-24)5-2-6-20(23)29/h1,3-4,7-11,22,28H,2,5-6,13H2/t22-/m0/s1. The number of thioether (sulfide) groups is 1. The van der Waals surface area contributed by atoms with E-state index in [0.717, 1.165) is 12.1 Å². The number of hydrogen-bond acceptors (Lipinski definition) is 5. The van der Waals surface area contributed by atoms with E-state index in [0.29, 0.717) is 45.2 Å². The molecule has 31 heavy (non-hydrogen) atoms. The highest BCUT2D eigenvalue weighted by Gasteiger charge is 2.37. The molecule has 4 nitrogen and oxygen atoms in total. The van der Waals surface area contributed by atoms with E-state index in [-0.39, 0.29) is 23.1 Å². The molecule has 0 bridgehead atoms. The summed E-state index contributed by atoms with van der Waals surface area (Å²) in [6, 6.07) is 14.8. The number of benzene rings is 2. The summed E-state index contributed by atoms with van der Waals surface area (Å²) < 4.78 is 13.5. The summed E-state index contributed by atoms with van der Waals surface area (Å²) in [7, 11) is 0. The lowest BCUT2D eigenvalue weighted by atomic mass is 9.77. The predicted molar refractivity (Wildman–Crippen MR) is 119 cm³/mol. The zero-order chi connectivity index (χ0) is 22.0. The number of nitriles is 1. The molecule has 7 heteroatoms. The van der Waals surface area contributed by atoms with Gasteiger partial charge >= 0.3 is 0 Å². The highest BCUT2D eigenvalue weighted by molar-refractivity contribution is 8.03. The molecule has 0 fully saturated rings. The number of Topliss-reactive ketones (excluding diaryl/α,β-unsaturated/α-hetero) is 2. The van der Waals surface area contributed by atoms with Gasteiger partial charge in [-0.3, -0.25) is 9.59 Å². The normalized spacial score (nSPS) is 18.4. The summed E-state index contributed by atoms with van der Waals surface area (Å²) in [4.78, 5) is 25.4. The molecule has 156 valence electrons. The van der Waals surface area contributed by atoms with Crippen LogP contribution in [0.4, 0.5) is 4.39 Å². The van der Waals surface area contributed by atoms with E-state index in [1.54, 1.807) is 36.4 Å². The van der Waals surface area contributed by atoms with Gasteiger partial charge < -0.3 is 5.32 Å². The maximum Gasteiger partial charge on any atom is 0.173 e. The van der Waals surface area contributed by atoms with Crippen LogP contribution in [0.15, 0.2) is 70.4 Å². The van der Waals surface area contributed by atoms with Gasteiger partial charge in [0.05, 0.1) is 28.3 Å². The molecule has 0 saturated heterocycles. The number of halogens is 2. The minimum atomic E-state index is -0.571. The second kappa shape index (κ2) is 9.09. The zero-order valence-corrected chi connectivity index (χ0v) is 18.0. The van der Waals surface area contributed by atoms with Crippen molar-refractivity contribution in [2.24, 2.45) is 0 Å². The van der Waals surface area contributed by atoms with E-state index >= 15 is 0 Å². The smallest absolute Gasteiger partial charge is 0.173 e. The Kier molecular flexibility index (Phi) is 6.26. The lowest BCUT2D eigenvalue weighted by molar-refractivity contribution is -0.116. The van der Waals surface area contributed by atoms with Crippen molar-refractivity contribution in [1.29, 1.82) is 5.26 Å². The molecule has 2 aromatic rings. The first-order chi connectivity index (χ1) is 15.0. The first-order valence-corrected chi connectivity index (χ1v) is 11.2. The zero-order valence-electron chi connectivity index (χ0n) is 16.5. The average molecular weight is 453 g/mol. The molecule has 4 rings (SSSR count). The SMILES string of the molecule is N#CC1=C(SCC(=O)c2cccc(Cl)c2)NC2=C(C(=O)CCC2)[C@H]1c1ccc(F)cc1. The second-order valence-corrected chi connectivity index (χ2v) is 8.78. The summed E-state index contributed by atoms with van der Waals surface area (Å²) >= 11 is 7.21. The summed E-state index contributed by atoms with van der Waals surface area (Å²) in [6.45, 7) is 0. The Morgan fingerprint density at radius 1 is 1.23 bits per heavy atom. The van der Waals surface area contributed by atoms with Crippen molar-refractivity contribution >= 4 is 34.9 Å². The third-order valence-corrected chi connectivity index (χ3v) is 6.61. The summed E-state index contributed by atoms with van der Waals surface area (Å²) in [6.07, 6.45) is 1.83. The van der Waals surface area contributed by atoms with Gasteiger partial charge in [0.1, 0.15) is 5.82 Å². The minimum Gasteiger partial charge on any atom is -0.352 e. The van der Waals surface area contributed by atoms with Crippen molar-refractivity contribution in [3.05, 3.63) is 92.4 Å². The maximum absolute atomic E-state index is 13.5. The molecule has 0 unspecified atom stereocenters. The summed E-state index contributed by atoms with van der Waals surface area (Å²) in [5.41, 5.74) is 2.89. The molecule has 0 amide bonds. The number of hydrogen-bond donors (Lipinski definition) is 1. The molecule has 1 aliphatic heterocycles. The van der Waals surface area contributed by atoms with Crippen LogP contribution in [-0.2, 0) is 4.79 Å². The van der Waals surface area contributed by atoms with Gasteiger partial charge in [0.25, 0.3) is 0 Å². The Balaban J connectivity index is 1.68. The second-order valence-electron chi connectivity index (χ2n) is 7.36. The molecule has 0 aromatic heterocycles. The quantitative estimate of drug-likeness (QED) is 0.604. The van der Waals surface area contributed by atoms with E-state index < -0.39 is 5.92 Å². The molecule has 0 spiro atoms. The van der Waals surface area contributed by atoms with Gasteiger partial charge in [-0.2, -0.15) is 5.26 Å². The van der Waals surface area contributed by atoms with Crippen molar-refractivity contribution in [3.8, 4) is 6.07 Å². The van der Waals surface area contributed by atoms with E-state index in [1.165, 1.54) is 23.9 Å². The number of carbonyl (C=O) groups excluding carboxylic acids is 2. The maximum atomic E-state index is 13.5. The molecule has 2 aromatic carbocycles. The van der Waals surface area contributed by atoms with Gasteiger partial charge in [0.15, 0.2) is 11.6 Å². The monoisotopic (exact) mass is 452 g/mol. The average Bonchev–Trinajstić information content (AvgIpc) is 2.77. The van der Waals surface area contributed by atoms with Gasteiger partial charge in [-0.25, -0.2) is 4.39 Å². The van der Waals surface area contributed by atoms with Crippen molar-refractivity contribution in [2.75, 3.05) is 5.75 Å². The van der Waals surface area contributed by atoms with Crippen LogP contribution in [0, 0.1) is 17.1 Å². The molecule has 0 radical (unpaired) electrons. The Hall–Kier alpha value is -2.88. The van der Waals surface area contributed by atoms with Crippen LogP contribution in [0.1, 0.15) is 41.1 Å². The van der Waals surface area contributed by atoms with Crippen LogP contribution in [0.3, 0.4) is 0 Å². The minimum absolute atomic E-state index is 0.00474. The van der Waals surface area contributed by atoms with Crippen molar-refractivity contribution in [3.63, 3.8) is 0 Å². The van der Waals surface area contributed by atoms with Gasteiger partial charge in [-0.15, -0.1) is 0 Å². The number of dihydropyridines is 1. The fraction of sp³-hybridized carbons (Fsp3) is 0.208. The number of nitrogens with one attached hydrogen (secondary N) is 1. The molecule has 1 heterocycles. The highest BCUT2D eigenvalue weighted by Crippen LogP contribution is 2.44. The summed E-state index contributed by atoms with van der Waals surface area (Å²) in [5.74, 6) is -0.961. The number of allylic oxidation sites excluding steroid dienone is 3. The van der Waals surface area contributed by atoms with E-state index in [2.05, 4.69) is 11.4 Å². The summed E-state index contributed by atoms with van der Waals surface area (Å²) in [5, 5.41) is 14.3. The highest BCUT2D eigenvalue weighted by atomic mass is 35.5. The number of ketones is 2. The number of carbonyl (C=O) groups is 2. The van der Waals surface area contributed by atoms with Crippen molar-refractivity contribution in [2.45, 2.75) is 25.2 Å². The Morgan fingerprint density at radius 3 is 2.71 bits per heavy atom. The predicted octanol–water partition coefficient (Wildman–Crippen LogP) is 5.52. The third-order valence-electron chi connectivity index (χ3n) is 5.36. The molecule has 1 aliphatic carbocycles. The van der Waals surface area contributed by atoms with Crippen LogP contribution in [0.5, 0.6) is 0 Å². The van der Waals surface area contributed by atoms with Crippen LogP contribution >= 0.6 is 23.4 Å². The van der Waals surface area contributed by atoms with Gasteiger partial charge in [0.2, 0.25) is 0 Å². The third kappa shape index (κ3) is 4.43. The van der Waals surface area contributed by atoms with Crippen molar-refractivity contribution < 1.29 is 14.0 Å². The lowest BCUT2D eigenvalue weighted by Crippen LogP contribution is -2.31. The van der Waals surface area contributed by atoms with Crippen LogP contribution in [0.2, 0.25) is 5.02 Å². The molecule has 0 saturated carbocycles. The van der Waals surface area contributed by atoms with Gasteiger partial charge in [-0.05, 0) is 42.7 Å². The Morgan fingerprint density at radius 2 is 2.00 bits per heavy atom. The van der Waals surface area contributed by atoms with E-state index in [1.807, 2.05) is 0 Å². The fourth-order valence-corrected chi connectivity index (χ4v) is 5.06. The first kappa shape index (κ1) is 21.4. The molecular formula is C24H18ClFN2O2S. The first-order valence-electron chi connectivity index (χ1n) is 9.82. The van der Waals surface area contributed by atoms with E-state index in [9.17, 15) is 19.2 Å². The molecule has 1 N–H and O–H groups in total. The topological polar surface area (TPSA) is 70.0 Å². The molecule has 1 atom stereocenters.